The van der Waals surface area contributed by atoms with Crippen molar-refractivity contribution in [2.45, 2.75) is 6.54 Å². The smallest absolute Gasteiger partial charge is 0.354 e. The van der Waals surface area contributed by atoms with E-state index < -0.39 is 11.9 Å². The van der Waals surface area contributed by atoms with Crippen molar-refractivity contribution in [2.75, 3.05) is 14.2 Å². The fourth-order valence-electron chi connectivity index (χ4n) is 3.06. The fourth-order valence-corrected chi connectivity index (χ4v) is 3.06. The normalized spacial score (nSPS) is 11.2. The molecule has 4 rings (SSSR count). The molecule has 26 heavy (non-hydrogen) atoms. The van der Waals surface area contributed by atoms with Crippen molar-refractivity contribution in [1.82, 2.24) is 9.55 Å². The van der Waals surface area contributed by atoms with E-state index in [0.717, 1.165) is 5.56 Å². The fraction of sp³-hybridized carbons (Fsp3) is 0.158. The Hall–Kier alpha value is -3.48. The molecule has 0 unspecified atom stereocenters. The lowest BCUT2D eigenvalue weighted by Crippen LogP contribution is -2.11. The summed E-state index contributed by atoms with van der Waals surface area (Å²) in [6.45, 7) is 0.453. The van der Waals surface area contributed by atoms with Gasteiger partial charge in [0.25, 0.3) is 0 Å². The van der Waals surface area contributed by atoms with Crippen LogP contribution in [0.2, 0.25) is 0 Å². The average molecular weight is 352 g/mol. The van der Waals surface area contributed by atoms with E-state index in [0.29, 0.717) is 40.1 Å². The second-order valence-electron chi connectivity index (χ2n) is 5.83. The van der Waals surface area contributed by atoms with Crippen molar-refractivity contribution in [2.24, 2.45) is 0 Å². The van der Waals surface area contributed by atoms with Gasteiger partial charge in [-0.1, -0.05) is 30.3 Å². The van der Waals surface area contributed by atoms with Gasteiger partial charge in [0.2, 0.25) is 5.71 Å². The molecule has 3 aromatic heterocycles. The number of rotatable bonds is 4. The highest BCUT2D eigenvalue weighted by atomic mass is 16.5. The number of nitrogens with zero attached hydrogens (tertiary/aromatic N) is 1. The van der Waals surface area contributed by atoms with E-state index in [1.54, 1.807) is 16.7 Å². The molecule has 3 heterocycles. The molecule has 0 spiro atoms. The number of aromatic amines is 1. The van der Waals surface area contributed by atoms with Gasteiger partial charge in [-0.15, -0.1) is 0 Å². The van der Waals surface area contributed by atoms with Crippen LogP contribution in [0.4, 0.5) is 0 Å². The zero-order valence-electron chi connectivity index (χ0n) is 14.2. The lowest BCUT2D eigenvalue weighted by Gasteiger charge is -2.08. The number of hydrogen-bond acceptors (Lipinski definition) is 5. The first-order valence-electron chi connectivity index (χ1n) is 7.97. The van der Waals surface area contributed by atoms with Crippen LogP contribution in [0.1, 0.15) is 26.5 Å². The van der Waals surface area contributed by atoms with Gasteiger partial charge in [-0.25, -0.2) is 9.59 Å². The van der Waals surface area contributed by atoms with Crippen LogP contribution in [-0.4, -0.2) is 35.7 Å². The van der Waals surface area contributed by atoms with Crippen molar-refractivity contribution >= 4 is 34.1 Å². The van der Waals surface area contributed by atoms with Crippen LogP contribution < -0.4 is 0 Å². The Morgan fingerprint density at radius 1 is 1.08 bits per heavy atom. The van der Waals surface area contributed by atoms with Crippen LogP contribution in [0.15, 0.2) is 46.9 Å². The van der Waals surface area contributed by atoms with Crippen molar-refractivity contribution in [3.8, 4) is 0 Å². The topological polar surface area (TPSA) is 86.5 Å². The van der Waals surface area contributed by atoms with Gasteiger partial charge in [-0.3, -0.25) is 0 Å². The molecule has 0 aliphatic heterocycles. The van der Waals surface area contributed by atoms with E-state index in [-0.39, 0.29) is 0 Å². The third kappa shape index (κ3) is 2.45. The standard InChI is InChI=1S/C19H16N2O5/c1-24-18(22)13-9-15-16(20-13)12-8-14(19(23)25-2)21(17(12)26-15)10-11-6-4-3-5-7-11/h3-9,20H,10H2,1-2H3. The van der Waals surface area contributed by atoms with Crippen LogP contribution in [0, 0.1) is 0 Å². The summed E-state index contributed by atoms with van der Waals surface area (Å²) in [7, 11) is 2.65. The first kappa shape index (κ1) is 16.0. The number of esters is 2. The maximum Gasteiger partial charge on any atom is 0.354 e. The summed E-state index contributed by atoms with van der Waals surface area (Å²) in [4.78, 5) is 26.9. The first-order valence-corrected chi connectivity index (χ1v) is 7.97. The van der Waals surface area contributed by atoms with Gasteiger partial charge in [-0.2, -0.15) is 0 Å². The molecule has 7 heteroatoms. The Bertz CT molecular complexity index is 1120. The SMILES string of the molecule is COC(=O)c1cc2oc3c(cc(C(=O)OC)n3Cc3ccccc3)c2[nH]1. The highest BCUT2D eigenvalue weighted by Gasteiger charge is 2.23. The summed E-state index contributed by atoms with van der Waals surface area (Å²) in [5, 5.41) is 0.700. The predicted molar refractivity (Wildman–Crippen MR) is 94.3 cm³/mol. The number of methoxy groups -OCH3 is 2. The highest BCUT2D eigenvalue weighted by Crippen LogP contribution is 2.32. The van der Waals surface area contributed by atoms with Gasteiger partial charge in [0, 0.05) is 6.07 Å². The summed E-state index contributed by atoms with van der Waals surface area (Å²) >= 11 is 0. The molecule has 132 valence electrons. The molecule has 0 saturated carbocycles. The molecule has 7 nitrogen and oxygen atoms in total. The molecule has 1 aromatic carbocycles. The van der Waals surface area contributed by atoms with E-state index >= 15 is 0 Å². The van der Waals surface area contributed by atoms with Gasteiger partial charge in [-0.05, 0) is 11.6 Å². The van der Waals surface area contributed by atoms with Crippen molar-refractivity contribution in [3.05, 3.63) is 59.4 Å². The van der Waals surface area contributed by atoms with E-state index in [9.17, 15) is 9.59 Å². The van der Waals surface area contributed by atoms with Crippen LogP contribution in [0.5, 0.6) is 0 Å². The maximum absolute atomic E-state index is 12.2. The number of furan rings is 1. The average Bonchev–Trinajstić information content (AvgIpc) is 3.32. The molecule has 4 aromatic rings. The second kappa shape index (κ2) is 6.11. The van der Waals surface area contributed by atoms with Gasteiger partial charge >= 0.3 is 11.9 Å². The second-order valence-corrected chi connectivity index (χ2v) is 5.83. The minimum atomic E-state index is -0.485. The molecule has 1 N–H and O–H groups in total. The highest BCUT2D eigenvalue weighted by molar-refractivity contribution is 6.08. The van der Waals surface area contributed by atoms with Gasteiger partial charge in [0.1, 0.15) is 11.4 Å². The zero-order valence-corrected chi connectivity index (χ0v) is 14.2. The lowest BCUT2D eigenvalue weighted by molar-refractivity contribution is 0.0583. The Kier molecular flexibility index (Phi) is 3.76. The molecule has 0 radical (unpaired) electrons. The number of aromatic nitrogens is 2. The number of benzene rings is 1. The number of fused-ring (bicyclic) bond motifs is 3. The summed E-state index contributed by atoms with van der Waals surface area (Å²) < 4.78 is 17.3. The number of hydrogen-bond donors (Lipinski definition) is 1. The van der Waals surface area contributed by atoms with E-state index in [2.05, 4.69) is 4.98 Å². The third-order valence-corrected chi connectivity index (χ3v) is 4.29. The molecule has 0 aliphatic rings. The van der Waals surface area contributed by atoms with Crippen molar-refractivity contribution in [3.63, 3.8) is 0 Å². The number of carbonyl (C=O) groups is 2. The zero-order chi connectivity index (χ0) is 18.3. The lowest BCUT2D eigenvalue weighted by atomic mass is 10.2. The molecule has 0 atom stereocenters. The predicted octanol–water partition coefficient (Wildman–Crippen LogP) is 3.34. The number of H-pyrrole nitrogens is 1. The summed E-state index contributed by atoms with van der Waals surface area (Å²) in [6.07, 6.45) is 0. The van der Waals surface area contributed by atoms with E-state index in [4.69, 9.17) is 13.9 Å². The Morgan fingerprint density at radius 3 is 2.50 bits per heavy atom. The Labute approximate surface area is 148 Å². The minimum Gasteiger partial charge on any atom is -0.464 e. The van der Waals surface area contributed by atoms with Gasteiger partial charge in [0.15, 0.2) is 5.58 Å². The quantitative estimate of drug-likeness (QED) is 0.569. The van der Waals surface area contributed by atoms with Crippen LogP contribution >= 0.6 is 0 Å². The molecular formula is C19H16N2O5. The maximum atomic E-state index is 12.2. The summed E-state index contributed by atoms with van der Waals surface area (Å²) in [5.41, 5.74) is 3.38. The van der Waals surface area contributed by atoms with Crippen LogP contribution in [-0.2, 0) is 16.0 Å². The Morgan fingerprint density at radius 2 is 1.81 bits per heavy atom. The number of nitrogens with one attached hydrogen (secondary N) is 1. The number of ether oxygens (including phenoxy) is 2. The minimum absolute atomic E-state index is 0.290. The largest absolute Gasteiger partial charge is 0.464 e. The molecule has 0 amide bonds. The first-order chi connectivity index (χ1) is 12.6. The summed E-state index contributed by atoms with van der Waals surface area (Å²) in [6, 6.07) is 13.0. The Balaban J connectivity index is 1.90. The molecule has 0 bridgehead atoms. The van der Waals surface area contributed by atoms with Crippen molar-refractivity contribution < 1.29 is 23.5 Å². The molecule has 0 fully saturated rings. The molecular weight excluding hydrogens is 336 g/mol. The molecule has 0 saturated heterocycles. The van der Waals surface area contributed by atoms with E-state index in [1.165, 1.54) is 14.2 Å². The van der Waals surface area contributed by atoms with Crippen LogP contribution in [0.3, 0.4) is 0 Å². The van der Waals surface area contributed by atoms with Gasteiger partial charge < -0.3 is 23.4 Å². The van der Waals surface area contributed by atoms with Crippen molar-refractivity contribution in [1.29, 1.82) is 0 Å². The third-order valence-electron chi connectivity index (χ3n) is 4.29. The van der Waals surface area contributed by atoms with E-state index in [1.807, 2.05) is 30.3 Å². The monoisotopic (exact) mass is 352 g/mol. The summed E-state index contributed by atoms with van der Waals surface area (Å²) in [5.74, 6) is -0.943. The van der Waals surface area contributed by atoms with Gasteiger partial charge in [0.05, 0.1) is 31.7 Å². The molecule has 0 aliphatic carbocycles. The van der Waals surface area contributed by atoms with Crippen LogP contribution in [0.25, 0.3) is 22.2 Å². The number of carbonyl (C=O) groups excluding carboxylic acids is 2.